The molecule has 9 heteroatoms. The number of non-ortho nitro benzene ring substituents is 1. The van der Waals surface area contributed by atoms with Crippen LogP contribution in [-0.4, -0.2) is 33.7 Å². The molecule has 0 radical (unpaired) electrons. The van der Waals surface area contributed by atoms with Gasteiger partial charge in [0.1, 0.15) is 11.6 Å². The number of esters is 1. The van der Waals surface area contributed by atoms with Gasteiger partial charge in [0.2, 0.25) is 0 Å². The lowest BCUT2D eigenvalue weighted by Crippen LogP contribution is -2.39. The second-order valence-corrected chi connectivity index (χ2v) is 5.46. The molecule has 0 aliphatic carbocycles. The predicted octanol–water partition coefficient (Wildman–Crippen LogP) is -0.384. The molecule has 0 saturated heterocycles. The van der Waals surface area contributed by atoms with Gasteiger partial charge in [-0.05, 0) is 31.8 Å². The quantitative estimate of drug-likeness (QED) is 0.298. The Balaban J connectivity index is 3.17. The van der Waals surface area contributed by atoms with Crippen LogP contribution < -0.4 is 11.2 Å². The fourth-order valence-corrected chi connectivity index (χ4v) is 1.67. The third-order valence-electron chi connectivity index (χ3n) is 2.56. The molecule has 8 nitrogen and oxygen atoms in total. The Morgan fingerprint density at radius 2 is 2.00 bits per heavy atom. The first-order chi connectivity index (χ1) is 9.53. The molecule has 0 bridgehead atoms. The maximum absolute atomic E-state index is 11.9. The van der Waals surface area contributed by atoms with E-state index in [1.807, 2.05) is 0 Å². The first-order valence-electron chi connectivity index (χ1n) is 6.15. The van der Waals surface area contributed by atoms with E-state index in [9.17, 15) is 25.0 Å². The maximum Gasteiger partial charge on any atom is 0.489 e. The molecule has 0 amide bonds. The molecule has 1 atom stereocenters. The van der Waals surface area contributed by atoms with Crippen molar-refractivity contribution in [2.75, 3.05) is 0 Å². The third kappa shape index (κ3) is 4.52. The van der Waals surface area contributed by atoms with Crippen LogP contribution in [0.15, 0.2) is 18.2 Å². The van der Waals surface area contributed by atoms with Gasteiger partial charge in [-0.3, -0.25) is 10.1 Å². The lowest BCUT2D eigenvalue weighted by atomic mass is 9.75. The Hall–Kier alpha value is -1.97. The van der Waals surface area contributed by atoms with E-state index in [1.165, 1.54) is 6.07 Å². The largest absolute Gasteiger partial charge is 0.489 e. The van der Waals surface area contributed by atoms with Crippen LogP contribution in [0.3, 0.4) is 0 Å². The second kappa shape index (κ2) is 6.21. The fraction of sp³-hybridized carbons (Fsp3) is 0.417. The van der Waals surface area contributed by atoms with Crippen molar-refractivity contribution in [1.29, 1.82) is 0 Å². The van der Waals surface area contributed by atoms with E-state index in [4.69, 9.17) is 10.5 Å². The van der Waals surface area contributed by atoms with Crippen molar-refractivity contribution < 1.29 is 24.5 Å². The number of benzene rings is 1. The summed E-state index contributed by atoms with van der Waals surface area (Å²) in [4.78, 5) is 21.9. The van der Waals surface area contributed by atoms with Gasteiger partial charge in [0.15, 0.2) is 0 Å². The number of carbonyl (C=O) groups excluding carboxylic acids is 1. The van der Waals surface area contributed by atoms with E-state index in [0.29, 0.717) is 0 Å². The number of hydrogen-bond acceptors (Lipinski definition) is 7. The van der Waals surface area contributed by atoms with Crippen LogP contribution in [0.5, 0.6) is 0 Å². The summed E-state index contributed by atoms with van der Waals surface area (Å²) in [6, 6.07) is 2.03. The topological polar surface area (TPSA) is 136 Å². The van der Waals surface area contributed by atoms with Gasteiger partial charge in [0, 0.05) is 12.1 Å². The number of nitro benzene ring substituents is 1. The molecule has 1 unspecified atom stereocenters. The second-order valence-electron chi connectivity index (χ2n) is 5.46. The van der Waals surface area contributed by atoms with E-state index in [1.54, 1.807) is 20.8 Å². The molecular formula is C12H17BN2O6. The number of nitrogens with zero attached hydrogens (tertiary/aromatic N) is 1. The van der Waals surface area contributed by atoms with E-state index in [-0.39, 0.29) is 16.7 Å². The van der Waals surface area contributed by atoms with E-state index >= 15 is 0 Å². The minimum Gasteiger partial charge on any atom is -0.459 e. The minimum atomic E-state index is -1.99. The Bertz CT molecular complexity index is 555. The fourth-order valence-electron chi connectivity index (χ4n) is 1.67. The Morgan fingerprint density at radius 3 is 2.43 bits per heavy atom. The summed E-state index contributed by atoms with van der Waals surface area (Å²) in [6.07, 6.45) is 0. The first kappa shape index (κ1) is 17.1. The monoisotopic (exact) mass is 296 g/mol. The average Bonchev–Trinajstić information content (AvgIpc) is 2.34. The summed E-state index contributed by atoms with van der Waals surface area (Å²) < 4.78 is 5.11. The van der Waals surface area contributed by atoms with Gasteiger partial charge < -0.3 is 20.5 Å². The molecule has 0 spiro atoms. The van der Waals surface area contributed by atoms with Gasteiger partial charge in [-0.2, -0.15) is 0 Å². The Morgan fingerprint density at radius 1 is 1.43 bits per heavy atom. The van der Waals surface area contributed by atoms with Gasteiger partial charge >= 0.3 is 13.1 Å². The van der Waals surface area contributed by atoms with Crippen LogP contribution in [0.1, 0.15) is 32.4 Å². The maximum atomic E-state index is 11.9. The molecule has 1 aromatic carbocycles. The highest BCUT2D eigenvalue weighted by Crippen LogP contribution is 2.18. The van der Waals surface area contributed by atoms with Gasteiger partial charge in [0.05, 0.1) is 4.92 Å². The Kier molecular flexibility index (Phi) is 5.05. The molecule has 0 saturated carbocycles. The SMILES string of the molecule is CC(C)(C)OC(=O)C(N)c1ccc([N+](=O)[O-])cc1B(O)O. The van der Waals surface area contributed by atoms with Crippen molar-refractivity contribution in [3.63, 3.8) is 0 Å². The lowest BCUT2D eigenvalue weighted by Gasteiger charge is -2.23. The molecular weight excluding hydrogens is 279 g/mol. The van der Waals surface area contributed by atoms with Crippen LogP contribution in [0.25, 0.3) is 0 Å². The Labute approximate surface area is 121 Å². The van der Waals surface area contributed by atoms with Crippen molar-refractivity contribution in [2.45, 2.75) is 32.4 Å². The molecule has 0 aliphatic rings. The van der Waals surface area contributed by atoms with Crippen molar-refractivity contribution in [3.8, 4) is 0 Å². The molecule has 1 aromatic rings. The molecule has 21 heavy (non-hydrogen) atoms. The van der Waals surface area contributed by atoms with E-state index < -0.39 is 29.7 Å². The lowest BCUT2D eigenvalue weighted by molar-refractivity contribution is -0.384. The molecule has 0 aliphatic heterocycles. The smallest absolute Gasteiger partial charge is 0.459 e. The normalized spacial score (nSPS) is 12.7. The summed E-state index contributed by atoms with van der Waals surface area (Å²) in [7, 11) is -1.99. The first-order valence-corrected chi connectivity index (χ1v) is 6.15. The zero-order chi connectivity index (χ0) is 16.4. The number of ether oxygens (including phenoxy) is 1. The summed E-state index contributed by atoms with van der Waals surface area (Å²) in [6.45, 7) is 4.99. The molecule has 114 valence electrons. The van der Waals surface area contributed by atoms with Gasteiger partial charge in [-0.15, -0.1) is 0 Å². The highest BCUT2D eigenvalue weighted by molar-refractivity contribution is 6.59. The van der Waals surface area contributed by atoms with E-state index in [0.717, 1.165) is 12.1 Å². The van der Waals surface area contributed by atoms with Crippen LogP contribution in [-0.2, 0) is 9.53 Å². The zero-order valence-electron chi connectivity index (χ0n) is 11.9. The van der Waals surface area contributed by atoms with Crippen LogP contribution in [0.2, 0.25) is 0 Å². The van der Waals surface area contributed by atoms with Crippen molar-refractivity contribution in [1.82, 2.24) is 0 Å². The van der Waals surface area contributed by atoms with Gasteiger partial charge in [-0.1, -0.05) is 6.07 Å². The highest BCUT2D eigenvalue weighted by Gasteiger charge is 2.29. The standard InChI is InChI=1S/C12H17BN2O6/c1-12(2,3)21-11(16)10(14)8-5-4-7(15(19)20)6-9(8)13(17)18/h4-6,10,17-18H,14H2,1-3H3. The van der Waals surface area contributed by atoms with Crippen molar-refractivity contribution >= 4 is 24.2 Å². The van der Waals surface area contributed by atoms with E-state index in [2.05, 4.69) is 0 Å². The highest BCUT2D eigenvalue weighted by atomic mass is 16.6. The molecule has 4 N–H and O–H groups in total. The summed E-state index contributed by atoms with van der Waals surface area (Å²) >= 11 is 0. The molecule has 0 fully saturated rings. The summed E-state index contributed by atoms with van der Waals surface area (Å²) in [5.41, 5.74) is 4.51. The number of hydrogen-bond donors (Lipinski definition) is 3. The average molecular weight is 296 g/mol. The van der Waals surface area contributed by atoms with Crippen LogP contribution >= 0.6 is 0 Å². The van der Waals surface area contributed by atoms with Crippen molar-refractivity contribution in [2.24, 2.45) is 5.73 Å². The number of rotatable bonds is 4. The number of carbonyl (C=O) groups is 1. The van der Waals surface area contributed by atoms with Crippen LogP contribution in [0, 0.1) is 10.1 Å². The zero-order valence-corrected chi connectivity index (χ0v) is 11.9. The molecule has 0 heterocycles. The van der Waals surface area contributed by atoms with Crippen molar-refractivity contribution in [3.05, 3.63) is 33.9 Å². The van der Waals surface area contributed by atoms with Crippen LogP contribution in [0.4, 0.5) is 5.69 Å². The minimum absolute atomic E-state index is 0.0600. The van der Waals surface area contributed by atoms with Gasteiger partial charge in [-0.25, -0.2) is 4.79 Å². The molecule has 0 aromatic heterocycles. The summed E-state index contributed by atoms with van der Waals surface area (Å²) in [5.74, 6) is -0.766. The number of nitro groups is 1. The number of nitrogens with two attached hydrogens (primary N) is 1. The van der Waals surface area contributed by atoms with Gasteiger partial charge in [0.25, 0.3) is 5.69 Å². The molecule has 1 rings (SSSR count). The summed E-state index contributed by atoms with van der Waals surface area (Å²) in [5, 5.41) is 29.3. The third-order valence-corrected chi connectivity index (χ3v) is 2.56. The predicted molar refractivity (Wildman–Crippen MR) is 75.7 cm³/mol.